The summed E-state index contributed by atoms with van der Waals surface area (Å²) in [6, 6.07) is 18.8. The lowest BCUT2D eigenvalue weighted by molar-refractivity contribution is 0.0980. The second-order valence-corrected chi connectivity index (χ2v) is 5.12. The summed E-state index contributed by atoms with van der Waals surface area (Å²) in [6.07, 6.45) is 3.25. The molecule has 0 aliphatic carbocycles. The van der Waals surface area contributed by atoms with E-state index in [0.29, 0.717) is 13.2 Å². The highest BCUT2D eigenvalue weighted by atomic mass is 16.5. The van der Waals surface area contributed by atoms with Gasteiger partial charge < -0.3 is 9.47 Å². The van der Waals surface area contributed by atoms with E-state index in [0.717, 1.165) is 25.2 Å². The zero-order valence-electron chi connectivity index (χ0n) is 12.8. The maximum atomic E-state index is 5.67. The standard InChI is InChI=1S/C19H24O2/c1-2-3-13-20-14-15-21-19-11-9-18(10-12-19)16-17-7-5-4-6-8-17/h4-12H,2-3,13-16H2,1H3. The molecular formula is C19H24O2. The second kappa shape index (κ2) is 9.19. The van der Waals surface area contributed by atoms with Crippen LogP contribution >= 0.6 is 0 Å². The van der Waals surface area contributed by atoms with Crippen LogP contribution in [0.25, 0.3) is 0 Å². The summed E-state index contributed by atoms with van der Waals surface area (Å²) in [5.41, 5.74) is 2.63. The monoisotopic (exact) mass is 284 g/mol. The lowest BCUT2D eigenvalue weighted by Gasteiger charge is -2.08. The van der Waals surface area contributed by atoms with Gasteiger partial charge in [-0.15, -0.1) is 0 Å². The highest BCUT2D eigenvalue weighted by molar-refractivity contribution is 5.31. The van der Waals surface area contributed by atoms with Crippen LogP contribution < -0.4 is 4.74 Å². The van der Waals surface area contributed by atoms with Gasteiger partial charge >= 0.3 is 0 Å². The first kappa shape index (κ1) is 15.6. The molecule has 2 aromatic carbocycles. The van der Waals surface area contributed by atoms with Crippen molar-refractivity contribution in [2.24, 2.45) is 0 Å². The van der Waals surface area contributed by atoms with Crippen molar-refractivity contribution in [2.75, 3.05) is 19.8 Å². The van der Waals surface area contributed by atoms with Crippen molar-refractivity contribution in [1.82, 2.24) is 0 Å². The van der Waals surface area contributed by atoms with Gasteiger partial charge in [0, 0.05) is 6.61 Å². The average Bonchev–Trinajstić information content (AvgIpc) is 2.53. The Balaban J connectivity index is 1.72. The molecule has 0 atom stereocenters. The second-order valence-electron chi connectivity index (χ2n) is 5.12. The topological polar surface area (TPSA) is 18.5 Å². The van der Waals surface area contributed by atoms with Crippen LogP contribution in [0.1, 0.15) is 30.9 Å². The molecule has 0 aliphatic rings. The summed E-state index contributed by atoms with van der Waals surface area (Å²) in [4.78, 5) is 0. The fourth-order valence-corrected chi connectivity index (χ4v) is 2.10. The normalized spacial score (nSPS) is 10.5. The molecule has 0 aliphatic heterocycles. The molecule has 0 heterocycles. The molecule has 0 N–H and O–H groups in total. The van der Waals surface area contributed by atoms with Crippen molar-refractivity contribution in [3.05, 3.63) is 65.7 Å². The summed E-state index contributed by atoms with van der Waals surface area (Å²) in [5, 5.41) is 0. The lowest BCUT2D eigenvalue weighted by Crippen LogP contribution is -2.07. The number of benzene rings is 2. The Bertz CT molecular complexity index is 491. The Morgan fingerprint density at radius 1 is 0.762 bits per heavy atom. The van der Waals surface area contributed by atoms with Gasteiger partial charge in [-0.3, -0.25) is 0 Å². The molecule has 21 heavy (non-hydrogen) atoms. The predicted molar refractivity (Wildman–Crippen MR) is 86.9 cm³/mol. The molecule has 2 nitrogen and oxygen atoms in total. The third-order valence-electron chi connectivity index (χ3n) is 3.31. The smallest absolute Gasteiger partial charge is 0.119 e. The zero-order valence-corrected chi connectivity index (χ0v) is 12.8. The van der Waals surface area contributed by atoms with E-state index >= 15 is 0 Å². The number of ether oxygens (including phenoxy) is 2. The Morgan fingerprint density at radius 3 is 2.19 bits per heavy atom. The van der Waals surface area contributed by atoms with Crippen LogP contribution in [0.4, 0.5) is 0 Å². The van der Waals surface area contributed by atoms with Crippen LogP contribution in [0, 0.1) is 0 Å². The molecule has 0 unspecified atom stereocenters. The molecule has 2 heteroatoms. The summed E-state index contributed by atoms with van der Waals surface area (Å²) < 4.78 is 11.1. The van der Waals surface area contributed by atoms with Crippen molar-refractivity contribution in [3.8, 4) is 5.75 Å². The minimum atomic E-state index is 0.613. The average molecular weight is 284 g/mol. The molecule has 0 fully saturated rings. The molecule has 0 saturated heterocycles. The van der Waals surface area contributed by atoms with Gasteiger partial charge in [0.1, 0.15) is 12.4 Å². The van der Waals surface area contributed by atoms with Gasteiger partial charge in [-0.25, -0.2) is 0 Å². The SMILES string of the molecule is CCCCOCCOc1ccc(Cc2ccccc2)cc1. The first-order valence-electron chi connectivity index (χ1n) is 7.72. The molecule has 0 bridgehead atoms. The van der Waals surface area contributed by atoms with Crippen molar-refractivity contribution in [2.45, 2.75) is 26.2 Å². The summed E-state index contributed by atoms with van der Waals surface area (Å²) in [5.74, 6) is 0.908. The third kappa shape index (κ3) is 6.01. The summed E-state index contributed by atoms with van der Waals surface area (Å²) >= 11 is 0. The van der Waals surface area contributed by atoms with Gasteiger partial charge in [-0.05, 0) is 36.1 Å². The van der Waals surface area contributed by atoms with Crippen molar-refractivity contribution < 1.29 is 9.47 Å². The van der Waals surface area contributed by atoms with E-state index in [-0.39, 0.29) is 0 Å². The van der Waals surface area contributed by atoms with Gasteiger partial charge in [-0.1, -0.05) is 55.8 Å². The molecule has 2 rings (SSSR count). The summed E-state index contributed by atoms with van der Waals surface area (Å²) in [6.45, 7) is 4.26. The maximum Gasteiger partial charge on any atom is 0.119 e. The quantitative estimate of drug-likeness (QED) is 0.632. The van der Waals surface area contributed by atoms with E-state index in [2.05, 4.69) is 43.3 Å². The molecule has 0 amide bonds. The zero-order chi connectivity index (χ0) is 14.8. The largest absolute Gasteiger partial charge is 0.491 e. The first-order valence-corrected chi connectivity index (χ1v) is 7.72. The number of rotatable bonds is 9. The Morgan fingerprint density at radius 2 is 1.48 bits per heavy atom. The van der Waals surface area contributed by atoms with Crippen molar-refractivity contribution in [3.63, 3.8) is 0 Å². The van der Waals surface area contributed by atoms with E-state index in [4.69, 9.17) is 9.47 Å². The molecule has 0 saturated carbocycles. The van der Waals surface area contributed by atoms with Crippen LogP contribution in [0.5, 0.6) is 5.75 Å². The Labute approximate surface area is 127 Å². The molecule has 0 aromatic heterocycles. The number of hydrogen-bond donors (Lipinski definition) is 0. The van der Waals surface area contributed by atoms with E-state index in [9.17, 15) is 0 Å². The lowest BCUT2D eigenvalue weighted by atomic mass is 10.1. The van der Waals surface area contributed by atoms with Gasteiger partial charge in [0.15, 0.2) is 0 Å². The predicted octanol–water partition coefficient (Wildman–Crippen LogP) is 4.47. The van der Waals surface area contributed by atoms with Crippen LogP contribution in [0.3, 0.4) is 0 Å². The number of hydrogen-bond acceptors (Lipinski definition) is 2. The highest BCUT2D eigenvalue weighted by Gasteiger charge is 1.98. The summed E-state index contributed by atoms with van der Waals surface area (Å²) in [7, 11) is 0. The van der Waals surface area contributed by atoms with E-state index in [1.165, 1.54) is 17.5 Å². The van der Waals surface area contributed by atoms with Gasteiger partial charge in [0.25, 0.3) is 0 Å². The van der Waals surface area contributed by atoms with Crippen molar-refractivity contribution >= 4 is 0 Å². The van der Waals surface area contributed by atoms with E-state index in [1.807, 2.05) is 18.2 Å². The van der Waals surface area contributed by atoms with Crippen LogP contribution in [-0.2, 0) is 11.2 Å². The first-order chi connectivity index (χ1) is 10.4. The van der Waals surface area contributed by atoms with Gasteiger partial charge in [0.05, 0.1) is 6.61 Å². The minimum absolute atomic E-state index is 0.613. The fourth-order valence-electron chi connectivity index (χ4n) is 2.10. The van der Waals surface area contributed by atoms with E-state index in [1.54, 1.807) is 0 Å². The molecule has 0 spiro atoms. The highest BCUT2D eigenvalue weighted by Crippen LogP contribution is 2.15. The Hall–Kier alpha value is -1.80. The van der Waals surface area contributed by atoms with E-state index < -0.39 is 0 Å². The molecule has 2 aromatic rings. The Kier molecular flexibility index (Phi) is 6.82. The van der Waals surface area contributed by atoms with Crippen LogP contribution in [0.2, 0.25) is 0 Å². The maximum absolute atomic E-state index is 5.67. The molecule has 112 valence electrons. The molecule has 0 radical (unpaired) electrons. The number of unbranched alkanes of at least 4 members (excludes halogenated alkanes) is 1. The van der Waals surface area contributed by atoms with Crippen LogP contribution in [-0.4, -0.2) is 19.8 Å². The van der Waals surface area contributed by atoms with Crippen LogP contribution in [0.15, 0.2) is 54.6 Å². The molecular weight excluding hydrogens is 260 g/mol. The fraction of sp³-hybridized carbons (Fsp3) is 0.368. The minimum Gasteiger partial charge on any atom is -0.491 e. The van der Waals surface area contributed by atoms with Gasteiger partial charge in [0.2, 0.25) is 0 Å². The van der Waals surface area contributed by atoms with Gasteiger partial charge in [-0.2, -0.15) is 0 Å². The third-order valence-corrected chi connectivity index (χ3v) is 3.31. The van der Waals surface area contributed by atoms with Crippen molar-refractivity contribution in [1.29, 1.82) is 0 Å².